The van der Waals surface area contributed by atoms with E-state index in [0.717, 1.165) is 5.56 Å². The summed E-state index contributed by atoms with van der Waals surface area (Å²) in [6, 6.07) is 8.53. The van der Waals surface area contributed by atoms with Gasteiger partial charge in [0.15, 0.2) is 0 Å². The molecule has 1 aromatic carbocycles. The molecule has 19 heavy (non-hydrogen) atoms. The van der Waals surface area contributed by atoms with Crippen molar-refractivity contribution in [3.8, 4) is 0 Å². The molecule has 1 rings (SSSR count). The molecule has 0 aliphatic carbocycles. The van der Waals surface area contributed by atoms with Crippen LogP contribution in [0, 0.1) is 5.92 Å². The Bertz CT molecular complexity index is 418. The van der Waals surface area contributed by atoms with Crippen LogP contribution in [0.2, 0.25) is 0 Å². The van der Waals surface area contributed by atoms with Gasteiger partial charge in [-0.3, -0.25) is 0 Å². The van der Waals surface area contributed by atoms with Gasteiger partial charge >= 0.3 is 12.0 Å². The number of methoxy groups -OCH3 is 1. The molecule has 0 spiro atoms. The molecule has 0 saturated heterocycles. The molecule has 0 bridgehead atoms. The average molecular weight is 264 g/mol. The summed E-state index contributed by atoms with van der Waals surface area (Å²) in [6.45, 7) is 4.11. The number of amides is 2. The SMILES string of the molecule is COC(=O)C(NC(=O)NCc1ccccc1)C(C)C. The van der Waals surface area contributed by atoms with Gasteiger partial charge in [-0.05, 0) is 11.5 Å². The van der Waals surface area contributed by atoms with Crippen LogP contribution in [-0.4, -0.2) is 25.2 Å². The first kappa shape index (κ1) is 15.0. The Balaban J connectivity index is 2.47. The molecule has 104 valence electrons. The summed E-state index contributed by atoms with van der Waals surface area (Å²) >= 11 is 0. The summed E-state index contributed by atoms with van der Waals surface area (Å²) in [7, 11) is 1.31. The number of carbonyl (C=O) groups is 2. The van der Waals surface area contributed by atoms with E-state index in [1.165, 1.54) is 7.11 Å². The Kier molecular flexibility index (Phi) is 5.85. The molecule has 0 aliphatic rings. The summed E-state index contributed by atoms with van der Waals surface area (Å²) in [4.78, 5) is 23.2. The maximum Gasteiger partial charge on any atom is 0.328 e. The predicted molar refractivity (Wildman–Crippen MR) is 72.5 cm³/mol. The second-order valence-corrected chi connectivity index (χ2v) is 4.56. The lowest BCUT2D eigenvalue weighted by atomic mass is 10.1. The number of nitrogens with one attached hydrogen (secondary N) is 2. The summed E-state index contributed by atoms with van der Waals surface area (Å²) in [5, 5.41) is 5.32. The van der Waals surface area contributed by atoms with Crippen LogP contribution in [0.25, 0.3) is 0 Å². The van der Waals surface area contributed by atoms with E-state index < -0.39 is 12.0 Å². The van der Waals surface area contributed by atoms with Crippen molar-refractivity contribution in [3.63, 3.8) is 0 Å². The van der Waals surface area contributed by atoms with Gasteiger partial charge in [0.2, 0.25) is 0 Å². The summed E-state index contributed by atoms with van der Waals surface area (Å²) < 4.78 is 4.66. The monoisotopic (exact) mass is 264 g/mol. The second kappa shape index (κ2) is 7.41. The quantitative estimate of drug-likeness (QED) is 0.795. The highest BCUT2D eigenvalue weighted by molar-refractivity contribution is 5.83. The first-order valence-electron chi connectivity index (χ1n) is 6.20. The van der Waals surface area contributed by atoms with Gasteiger partial charge < -0.3 is 15.4 Å². The molecule has 0 aliphatic heterocycles. The summed E-state index contributed by atoms with van der Waals surface area (Å²) in [5.74, 6) is -0.472. The molecule has 0 saturated carbocycles. The zero-order valence-electron chi connectivity index (χ0n) is 11.5. The van der Waals surface area contributed by atoms with Crippen LogP contribution in [0.4, 0.5) is 4.79 Å². The van der Waals surface area contributed by atoms with Crippen molar-refractivity contribution < 1.29 is 14.3 Å². The summed E-state index contributed by atoms with van der Waals surface area (Å²) in [5.41, 5.74) is 0.997. The number of benzene rings is 1. The molecule has 0 radical (unpaired) electrons. The molecule has 5 nitrogen and oxygen atoms in total. The summed E-state index contributed by atoms with van der Waals surface area (Å²) in [6.07, 6.45) is 0. The van der Waals surface area contributed by atoms with E-state index in [9.17, 15) is 9.59 Å². The van der Waals surface area contributed by atoms with Gasteiger partial charge in [-0.2, -0.15) is 0 Å². The van der Waals surface area contributed by atoms with Crippen molar-refractivity contribution in [1.29, 1.82) is 0 Å². The van der Waals surface area contributed by atoms with Crippen molar-refractivity contribution in [2.75, 3.05) is 7.11 Å². The molecular formula is C14H20N2O3. The largest absolute Gasteiger partial charge is 0.467 e. The number of esters is 1. The van der Waals surface area contributed by atoms with Crippen molar-refractivity contribution in [2.45, 2.75) is 26.4 Å². The number of urea groups is 1. The van der Waals surface area contributed by atoms with Gasteiger partial charge in [0.05, 0.1) is 7.11 Å². The van der Waals surface area contributed by atoms with Gasteiger partial charge in [-0.25, -0.2) is 9.59 Å². The van der Waals surface area contributed by atoms with Crippen molar-refractivity contribution >= 4 is 12.0 Å². The molecule has 1 atom stereocenters. The molecule has 2 amide bonds. The lowest BCUT2D eigenvalue weighted by Gasteiger charge is -2.20. The van der Waals surface area contributed by atoms with Gasteiger partial charge in [0.25, 0.3) is 0 Å². The highest BCUT2D eigenvalue weighted by Crippen LogP contribution is 2.03. The van der Waals surface area contributed by atoms with Gasteiger partial charge in [0.1, 0.15) is 6.04 Å². The number of carbonyl (C=O) groups excluding carboxylic acids is 2. The van der Waals surface area contributed by atoms with Crippen molar-refractivity contribution in [2.24, 2.45) is 5.92 Å². The minimum atomic E-state index is -0.638. The van der Waals surface area contributed by atoms with E-state index in [1.807, 2.05) is 44.2 Å². The van der Waals surface area contributed by atoms with Gasteiger partial charge in [-0.15, -0.1) is 0 Å². The molecule has 5 heteroatoms. The van der Waals surface area contributed by atoms with Gasteiger partial charge in [-0.1, -0.05) is 44.2 Å². The second-order valence-electron chi connectivity index (χ2n) is 4.56. The molecule has 0 aromatic heterocycles. The van der Waals surface area contributed by atoms with Crippen LogP contribution >= 0.6 is 0 Å². The zero-order chi connectivity index (χ0) is 14.3. The van der Waals surface area contributed by atoms with Crippen LogP contribution < -0.4 is 10.6 Å². The fraction of sp³-hybridized carbons (Fsp3) is 0.429. The number of rotatable bonds is 5. The first-order valence-corrected chi connectivity index (χ1v) is 6.20. The molecule has 1 aromatic rings. The maximum atomic E-state index is 11.7. The van der Waals surface area contributed by atoms with Gasteiger partial charge in [0, 0.05) is 6.54 Å². The Morgan fingerprint density at radius 2 is 1.84 bits per heavy atom. The highest BCUT2D eigenvalue weighted by atomic mass is 16.5. The fourth-order valence-corrected chi connectivity index (χ4v) is 1.60. The lowest BCUT2D eigenvalue weighted by molar-refractivity contribution is -0.143. The van der Waals surface area contributed by atoms with Crippen LogP contribution in [0.15, 0.2) is 30.3 Å². The third-order valence-electron chi connectivity index (χ3n) is 2.70. The van der Waals surface area contributed by atoms with Crippen LogP contribution in [0.1, 0.15) is 19.4 Å². The zero-order valence-corrected chi connectivity index (χ0v) is 11.5. The normalized spacial score (nSPS) is 11.8. The fourth-order valence-electron chi connectivity index (χ4n) is 1.60. The third kappa shape index (κ3) is 4.99. The van der Waals surface area contributed by atoms with Crippen LogP contribution in [0.3, 0.4) is 0 Å². The number of hydrogen-bond donors (Lipinski definition) is 2. The number of ether oxygens (including phenoxy) is 1. The topological polar surface area (TPSA) is 67.4 Å². The highest BCUT2D eigenvalue weighted by Gasteiger charge is 2.24. The predicted octanol–water partition coefficient (Wildman–Crippen LogP) is 1.68. The first-order chi connectivity index (χ1) is 9.04. The van der Waals surface area contributed by atoms with E-state index in [-0.39, 0.29) is 11.9 Å². The van der Waals surface area contributed by atoms with E-state index in [2.05, 4.69) is 15.4 Å². The average Bonchev–Trinajstić information content (AvgIpc) is 2.42. The minimum Gasteiger partial charge on any atom is -0.467 e. The number of hydrogen-bond acceptors (Lipinski definition) is 3. The molecule has 0 fully saturated rings. The third-order valence-corrected chi connectivity index (χ3v) is 2.70. The van der Waals surface area contributed by atoms with E-state index in [1.54, 1.807) is 0 Å². The Morgan fingerprint density at radius 1 is 1.21 bits per heavy atom. The smallest absolute Gasteiger partial charge is 0.328 e. The molecular weight excluding hydrogens is 244 g/mol. The van der Waals surface area contributed by atoms with Crippen molar-refractivity contribution in [1.82, 2.24) is 10.6 Å². The molecule has 2 N–H and O–H groups in total. The minimum absolute atomic E-state index is 0.0325. The maximum absolute atomic E-state index is 11.7. The van der Waals surface area contributed by atoms with Crippen molar-refractivity contribution in [3.05, 3.63) is 35.9 Å². The molecule has 0 heterocycles. The lowest BCUT2D eigenvalue weighted by Crippen LogP contribution is -2.48. The molecule has 1 unspecified atom stereocenters. The van der Waals surface area contributed by atoms with Crippen LogP contribution in [0.5, 0.6) is 0 Å². The Labute approximate surface area is 113 Å². The van der Waals surface area contributed by atoms with Crippen LogP contribution in [-0.2, 0) is 16.1 Å². The van der Waals surface area contributed by atoms with E-state index >= 15 is 0 Å². The van der Waals surface area contributed by atoms with E-state index in [4.69, 9.17) is 0 Å². The Hall–Kier alpha value is -2.04. The van der Waals surface area contributed by atoms with E-state index in [0.29, 0.717) is 6.54 Å². The Morgan fingerprint density at radius 3 is 2.37 bits per heavy atom. The standard InChI is InChI=1S/C14H20N2O3/c1-10(2)12(13(17)19-3)16-14(18)15-9-11-7-5-4-6-8-11/h4-8,10,12H,9H2,1-3H3,(H2,15,16,18).